The minimum absolute atomic E-state index is 0.00779. The lowest BCUT2D eigenvalue weighted by Crippen LogP contribution is -2.41. The first-order valence-electron chi connectivity index (χ1n) is 16.8. The van der Waals surface area contributed by atoms with Crippen molar-refractivity contribution in [2.75, 3.05) is 13.7 Å². The van der Waals surface area contributed by atoms with Crippen molar-refractivity contribution in [1.29, 1.82) is 0 Å². The number of pyridine rings is 1. The number of nitrogens with zero attached hydrogens (tertiary/aromatic N) is 4. The summed E-state index contributed by atoms with van der Waals surface area (Å²) in [6.07, 6.45) is 4.46. The lowest BCUT2D eigenvalue weighted by atomic mass is 10.00. The molecule has 2 aliphatic carbocycles. The summed E-state index contributed by atoms with van der Waals surface area (Å²) in [5.74, 6) is 2.42. The van der Waals surface area contributed by atoms with Gasteiger partial charge in [-0.1, -0.05) is 18.2 Å². The fourth-order valence-electron chi connectivity index (χ4n) is 8.28. The summed E-state index contributed by atoms with van der Waals surface area (Å²) in [5, 5.41) is 11.9. The Kier molecular flexibility index (Phi) is 6.57. The summed E-state index contributed by atoms with van der Waals surface area (Å²) in [4.78, 5) is 35.8. The van der Waals surface area contributed by atoms with Gasteiger partial charge in [-0.3, -0.25) is 9.59 Å². The van der Waals surface area contributed by atoms with E-state index in [0.717, 1.165) is 69.4 Å². The minimum Gasteiger partial charge on any atom is -0.494 e. The standard InChI is InChI=1S/C38H38N6O4/c1-42-36-29(12-25(15-33(36)48-2)38(47)44-18-24-8-10-30(44)35(24)39)41-37(42)32-14-23-6-5-22(13-31(23)43(32)17-20-3-4-20)21-7-9-28-27(11-21)26(19-45)16-34(46)40-28/h5-7,9,11-16,20,24,30,35,45H,3-4,8,10,17-19,39H2,1-2H3,(H,40,46). The van der Waals surface area contributed by atoms with Gasteiger partial charge in [0.05, 0.1) is 24.9 Å². The molecule has 1 saturated heterocycles. The summed E-state index contributed by atoms with van der Waals surface area (Å²) in [5.41, 5.74) is 13.9. The van der Waals surface area contributed by atoms with Crippen molar-refractivity contribution in [2.45, 2.75) is 50.9 Å². The Labute approximate surface area is 276 Å². The third-order valence-electron chi connectivity index (χ3n) is 11.0. The largest absolute Gasteiger partial charge is 0.494 e. The highest BCUT2D eigenvalue weighted by molar-refractivity contribution is 6.01. The van der Waals surface area contributed by atoms with E-state index >= 15 is 0 Å². The number of hydrogen-bond donors (Lipinski definition) is 3. The molecule has 48 heavy (non-hydrogen) atoms. The van der Waals surface area contributed by atoms with Gasteiger partial charge in [0, 0.05) is 65.7 Å². The molecule has 2 bridgehead atoms. The molecule has 3 aromatic carbocycles. The third-order valence-corrected chi connectivity index (χ3v) is 11.0. The predicted molar refractivity (Wildman–Crippen MR) is 186 cm³/mol. The molecule has 0 radical (unpaired) electrons. The van der Waals surface area contributed by atoms with Crippen molar-refractivity contribution in [1.82, 2.24) is 24.0 Å². The highest BCUT2D eigenvalue weighted by Crippen LogP contribution is 2.41. The molecule has 9 rings (SSSR count). The number of hydrogen-bond acceptors (Lipinski definition) is 6. The normalized spacial score (nSPS) is 20.5. The van der Waals surface area contributed by atoms with E-state index in [1.165, 1.54) is 18.9 Å². The Morgan fingerprint density at radius 2 is 1.85 bits per heavy atom. The number of carbonyl (C=O) groups excluding carboxylic acids is 1. The lowest BCUT2D eigenvalue weighted by molar-refractivity contribution is 0.0700. The first kappa shape index (κ1) is 29.2. The van der Waals surface area contributed by atoms with Crippen LogP contribution >= 0.6 is 0 Å². The molecule has 4 heterocycles. The zero-order chi connectivity index (χ0) is 32.8. The molecule has 3 fully saturated rings. The maximum Gasteiger partial charge on any atom is 0.254 e. The molecule has 4 N–H and O–H groups in total. The second-order valence-electron chi connectivity index (χ2n) is 13.9. The van der Waals surface area contributed by atoms with Crippen LogP contribution in [0.2, 0.25) is 0 Å². The summed E-state index contributed by atoms with van der Waals surface area (Å²) in [6, 6.07) is 20.0. The van der Waals surface area contributed by atoms with E-state index in [1.54, 1.807) is 7.11 Å². The van der Waals surface area contributed by atoms with Crippen LogP contribution in [0.3, 0.4) is 0 Å². The molecular formula is C38H38N6O4. The summed E-state index contributed by atoms with van der Waals surface area (Å²) in [7, 11) is 3.65. The number of ether oxygens (including phenoxy) is 1. The molecule has 6 aromatic rings. The second-order valence-corrected chi connectivity index (χ2v) is 13.9. The number of piperidine rings is 1. The average molecular weight is 643 g/mol. The van der Waals surface area contributed by atoms with E-state index in [-0.39, 0.29) is 30.2 Å². The highest BCUT2D eigenvalue weighted by atomic mass is 16.5. The van der Waals surface area contributed by atoms with Crippen LogP contribution in [0.15, 0.2) is 65.5 Å². The maximum absolute atomic E-state index is 13.8. The lowest BCUT2D eigenvalue weighted by Gasteiger charge is -2.27. The summed E-state index contributed by atoms with van der Waals surface area (Å²) < 4.78 is 10.3. The van der Waals surface area contributed by atoms with Crippen LogP contribution in [-0.2, 0) is 20.2 Å². The molecule has 1 aliphatic heterocycles. The molecule has 3 unspecified atom stereocenters. The smallest absolute Gasteiger partial charge is 0.254 e. The molecule has 10 nitrogen and oxygen atoms in total. The van der Waals surface area contributed by atoms with E-state index in [4.69, 9.17) is 15.5 Å². The first-order chi connectivity index (χ1) is 23.3. The van der Waals surface area contributed by atoms with Crippen molar-refractivity contribution < 1.29 is 14.6 Å². The van der Waals surface area contributed by atoms with Crippen molar-refractivity contribution >= 4 is 38.7 Å². The number of aliphatic hydroxyl groups is 1. The van der Waals surface area contributed by atoms with Gasteiger partial charge < -0.3 is 34.6 Å². The van der Waals surface area contributed by atoms with Crippen LogP contribution in [-0.4, -0.2) is 60.8 Å². The van der Waals surface area contributed by atoms with Crippen molar-refractivity contribution in [3.63, 3.8) is 0 Å². The van der Waals surface area contributed by atoms with Gasteiger partial charge in [0.25, 0.3) is 5.91 Å². The van der Waals surface area contributed by atoms with Gasteiger partial charge in [-0.15, -0.1) is 0 Å². The number of nitrogens with two attached hydrogens (primary N) is 1. The third kappa shape index (κ3) is 4.50. The van der Waals surface area contributed by atoms with Gasteiger partial charge in [-0.25, -0.2) is 4.98 Å². The van der Waals surface area contributed by atoms with Crippen LogP contribution in [0, 0.1) is 11.8 Å². The zero-order valence-corrected chi connectivity index (χ0v) is 27.1. The molecule has 10 heteroatoms. The van der Waals surface area contributed by atoms with E-state index < -0.39 is 0 Å². The van der Waals surface area contributed by atoms with Crippen LogP contribution in [0.4, 0.5) is 0 Å². The quantitative estimate of drug-likeness (QED) is 0.220. The van der Waals surface area contributed by atoms with E-state index in [2.05, 4.69) is 38.4 Å². The maximum atomic E-state index is 13.8. The second kappa shape index (κ2) is 10.8. The molecule has 3 atom stereocenters. The molecule has 244 valence electrons. The number of amides is 1. The fraction of sp³-hybridized carbons (Fsp3) is 0.342. The van der Waals surface area contributed by atoms with Gasteiger partial charge in [0.1, 0.15) is 11.3 Å². The monoisotopic (exact) mass is 642 g/mol. The molecular weight excluding hydrogens is 604 g/mol. The number of aromatic nitrogens is 4. The van der Waals surface area contributed by atoms with Crippen LogP contribution in [0.5, 0.6) is 5.75 Å². The van der Waals surface area contributed by atoms with Gasteiger partial charge in [-0.05, 0) is 90.6 Å². The zero-order valence-electron chi connectivity index (χ0n) is 27.1. The van der Waals surface area contributed by atoms with Crippen LogP contribution < -0.4 is 16.0 Å². The SMILES string of the molecule is COc1cc(C(=O)N2CC3CCC2C3N)cc2nc(-c3cc4ccc(-c5ccc6[nH]c(=O)cc(CO)c6c5)cc4n3CC3CC3)n(C)c12. The summed E-state index contributed by atoms with van der Waals surface area (Å²) >= 11 is 0. The number of aromatic amines is 1. The fourth-order valence-corrected chi connectivity index (χ4v) is 8.28. The Morgan fingerprint density at radius 3 is 2.58 bits per heavy atom. The number of benzene rings is 3. The van der Waals surface area contributed by atoms with Gasteiger partial charge >= 0.3 is 0 Å². The molecule has 0 spiro atoms. The molecule has 3 aromatic heterocycles. The number of H-pyrrole nitrogens is 1. The van der Waals surface area contributed by atoms with E-state index in [9.17, 15) is 14.7 Å². The number of carbonyl (C=O) groups is 1. The van der Waals surface area contributed by atoms with Gasteiger partial charge in [0.15, 0.2) is 5.82 Å². The van der Waals surface area contributed by atoms with Crippen LogP contribution in [0.25, 0.3) is 55.5 Å². The van der Waals surface area contributed by atoms with Crippen molar-refractivity contribution in [3.8, 4) is 28.4 Å². The highest BCUT2D eigenvalue weighted by Gasteiger charge is 2.47. The van der Waals surface area contributed by atoms with Crippen LogP contribution in [0.1, 0.15) is 41.6 Å². The molecule has 1 amide bonds. The Bertz CT molecular complexity index is 2350. The van der Waals surface area contributed by atoms with Gasteiger partial charge in [-0.2, -0.15) is 0 Å². The average Bonchev–Trinajstić information content (AvgIpc) is 3.50. The minimum atomic E-state index is -0.225. The number of nitrogens with one attached hydrogen (secondary N) is 1. The Morgan fingerprint density at radius 1 is 1.04 bits per heavy atom. The molecule has 3 aliphatic rings. The first-order valence-corrected chi connectivity index (χ1v) is 16.8. The Hall–Kier alpha value is -4.93. The number of imidazole rings is 1. The predicted octanol–water partition coefficient (Wildman–Crippen LogP) is 5.18. The van der Waals surface area contributed by atoms with E-state index in [1.807, 2.05) is 42.3 Å². The number of likely N-dealkylation sites (tertiary alicyclic amines) is 1. The van der Waals surface area contributed by atoms with Gasteiger partial charge in [0.2, 0.25) is 5.56 Å². The summed E-state index contributed by atoms with van der Waals surface area (Å²) in [6.45, 7) is 1.39. The Balaban J connectivity index is 1.15. The number of fused-ring (bicyclic) bond motifs is 5. The van der Waals surface area contributed by atoms with E-state index in [0.29, 0.717) is 40.8 Å². The number of aryl methyl sites for hydroxylation is 1. The molecule has 2 saturated carbocycles. The van der Waals surface area contributed by atoms with Crippen molar-refractivity contribution in [2.24, 2.45) is 24.6 Å². The number of rotatable bonds is 7. The van der Waals surface area contributed by atoms with Crippen molar-refractivity contribution in [3.05, 3.63) is 82.1 Å². The number of methoxy groups -OCH3 is 1. The topological polar surface area (TPSA) is 131 Å². The number of aliphatic hydroxyl groups excluding tert-OH is 1.